The standard InChI is InChI=1S/C23H20F2N4O2/c1-2-22(30)28-20-5-3-15(11-18(20)25)23(31)29-8-7-14(13-29)9-21-26-12-16-10-17(24)4-6-19(16)27-21/h2-6,10-12,14H,1,7-9,13H2,(H,28,30)/t14-/m0/s1. The van der Waals surface area contributed by atoms with Crippen molar-refractivity contribution in [3.63, 3.8) is 0 Å². The van der Waals surface area contributed by atoms with Crippen LogP contribution in [0.2, 0.25) is 0 Å². The van der Waals surface area contributed by atoms with Crippen LogP contribution in [-0.2, 0) is 11.2 Å². The molecule has 1 aliphatic rings. The van der Waals surface area contributed by atoms with Gasteiger partial charge < -0.3 is 10.2 Å². The Hall–Kier alpha value is -3.68. The minimum atomic E-state index is -0.683. The van der Waals surface area contributed by atoms with Crippen LogP contribution in [0.4, 0.5) is 14.5 Å². The molecule has 1 fully saturated rings. The number of fused-ring (bicyclic) bond motifs is 1. The molecule has 31 heavy (non-hydrogen) atoms. The van der Waals surface area contributed by atoms with Gasteiger partial charge in [0.1, 0.15) is 17.5 Å². The number of rotatable bonds is 5. The second kappa shape index (κ2) is 8.59. The lowest BCUT2D eigenvalue weighted by Gasteiger charge is -2.17. The molecule has 1 saturated heterocycles. The fraction of sp³-hybridized carbons (Fsp3) is 0.217. The van der Waals surface area contributed by atoms with Crippen molar-refractivity contribution in [1.82, 2.24) is 14.9 Å². The Morgan fingerprint density at radius 3 is 2.84 bits per heavy atom. The smallest absolute Gasteiger partial charge is 0.253 e. The van der Waals surface area contributed by atoms with Crippen molar-refractivity contribution in [2.24, 2.45) is 5.92 Å². The SMILES string of the molecule is C=CC(=O)Nc1ccc(C(=O)N2CC[C@@H](Cc3ncc4cc(F)ccc4n3)C2)cc1F. The van der Waals surface area contributed by atoms with Crippen molar-refractivity contribution in [2.45, 2.75) is 12.8 Å². The van der Waals surface area contributed by atoms with Crippen LogP contribution < -0.4 is 5.32 Å². The Balaban J connectivity index is 1.41. The predicted octanol–water partition coefficient (Wildman–Crippen LogP) is 3.74. The van der Waals surface area contributed by atoms with E-state index in [2.05, 4.69) is 21.9 Å². The fourth-order valence-corrected chi connectivity index (χ4v) is 3.70. The summed E-state index contributed by atoms with van der Waals surface area (Å²) in [6.45, 7) is 4.39. The molecule has 1 N–H and O–H groups in total. The van der Waals surface area contributed by atoms with Crippen molar-refractivity contribution in [3.05, 3.63) is 78.3 Å². The van der Waals surface area contributed by atoms with Crippen LogP contribution in [0.3, 0.4) is 0 Å². The third kappa shape index (κ3) is 4.58. The monoisotopic (exact) mass is 422 g/mol. The first-order chi connectivity index (χ1) is 14.9. The van der Waals surface area contributed by atoms with Crippen molar-refractivity contribution in [3.8, 4) is 0 Å². The average molecular weight is 422 g/mol. The maximum absolute atomic E-state index is 14.3. The molecular weight excluding hydrogens is 402 g/mol. The van der Waals surface area contributed by atoms with Gasteiger partial charge >= 0.3 is 0 Å². The highest BCUT2D eigenvalue weighted by atomic mass is 19.1. The van der Waals surface area contributed by atoms with Crippen LogP contribution in [0.1, 0.15) is 22.6 Å². The highest BCUT2D eigenvalue weighted by molar-refractivity contribution is 6.00. The summed E-state index contributed by atoms with van der Waals surface area (Å²) in [6, 6.07) is 8.35. The number of nitrogens with one attached hydrogen (secondary N) is 1. The molecule has 2 amide bonds. The number of benzene rings is 2. The lowest BCUT2D eigenvalue weighted by Crippen LogP contribution is -2.29. The number of halogens is 2. The first-order valence-electron chi connectivity index (χ1n) is 9.86. The van der Waals surface area contributed by atoms with Gasteiger partial charge in [0.05, 0.1) is 11.2 Å². The molecule has 158 valence electrons. The topological polar surface area (TPSA) is 75.2 Å². The second-order valence-electron chi connectivity index (χ2n) is 7.49. The Bertz CT molecular complexity index is 1180. The average Bonchev–Trinajstić information content (AvgIpc) is 3.23. The first kappa shape index (κ1) is 20.6. The molecule has 1 aliphatic heterocycles. The normalized spacial score (nSPS) is 15.8. The van der Waals surface area contributed by atoms with E-state index in [4.69, 9.17) is 0 Å². The van der Waals surface area contributed by atoms with Crippen LogP contribution in [0.5, 0.6) is 0 Å². The summed E-state index contributed by atoms with van der Waals surface area (Å²) in [5.74, 6) is -0.983. The molecule has 1 atom stereocenters. The van der Waals surface area contributed by atoms with Gasteiger partial charge in [-0.15, -0.1) is 0 Å². The van der Waals surface area contributed by atoms with Crippen LogP contribution in [0.15, 0.2) is 55.3 Å². The minimum Gasteiger partial charge on any atom is -0.338 e. The lowest BCUT2D eigenvalue weighted by atomic mass is 10.0. The van der Waals surface area contributed by atoms with Gasteiger partial charge in [0.15, 0.2) is 0 Å². The number of amides is 2. The minimum absolute atomic E-state index is 0.00548. The molecule has 4 rings (SSSR count). The summed E-state index contributed by atoms with van der Waals surface area (Å²) in [5.41, 5.74) is 0.893. The van der Waals surface area contributed by atoms with E-state index in [9.17, 15) is 18.4 Å². The quantitative estimate of drug-likeness (QED) is 0.636. The highest BCUT2D eigenvalue weighted by Gasteiger charge is 2.28. The highest BCUT2D eigenvalue weighted by Crippen LogP contribution is 2.24. The summed E-state index contributed by atoms with van der Waals surface area (Å²) in [7, 11) is 0. The summed E-state index contributed by atoms with van der Waals surface area (Å²) in [4.78, 5) is 34.6. The van der Waals surface area contributed by atoms with Crippen molar-refractivity contribution in [1.29, 1.82) is 0 Å². The van der Waals surface area contributed by atoms with Gasteiger partial charge in [-0.05, 0) is 54.8 Å². The van der Waals surface area contributed by atoms with Crippen LogP contribution in [0.25, 0.3) is 10.9 Å². The Labute approximate surface area is 177 Å². The lowest BCUT2D eigenvalue weighted by molar-refractivity contribution is -0.111. The number of anilines is 1. The third-order valence-electron chi connectivity index (χ3n) is 5.30. The Morgan fingerprint density at radius 1 is 1.23 bits per heavy atom. The third-order valence-corrected chi connectivity index (χ3v) is 5.30. The zero-order valence-corrected chi connectivity index (χ0v) is 16.6. The van der Waals surface area contributed by atoms with Crippen molar-refractivity contribution in [2.75, 3.05) is 18.4 Å². The number of hydrogen-bond acceptors (Lipinski definition) is 4. The molecule has 1 aromatic heterocycles. The van der Waals surface area contributed by atoms with Gasteiger partial charge in [0, 0.05) is 36.7 Å². The van der Waals surface area contributed by atoms with Crippen molar-refractivity contribution < 1.29 is 18.4 Å². The molecule has 0 radical (unpaired) electrons. The van der Waals surface area contributed by atoms with E-state index in [0.717, 1.165) is 18.6 Å². The molecule has 0 unspecified atom stereocenters. The maximum atomic E-state index is 14.3. The van der Waals surface area contributed by atoms with E-state index in [0.29, 0.717) is 36.2 Å². The first-order valence-corrected chi connectivity index (χ1v) is 9.86. The Kier molecular flexibility index (Phi) is 5.70. The van der Waals surface area contributed by atoms with Crippen molar-refractivity contribution >= 4 is 28.4 Å². The number of hydrogen-bond donors (Lipinski definition) is 1. The summed E-state index contributed by atoms with van der Waals surface area (Å²) in [5, 5.41) is 2.99. The van der Waals surface area contributed by atoms with E-state index in [1.165, 1.54) is 24.3 Å². The van der Waals surface area contributed by atoms with Gasteiger partial charge in [-0.25, -0.2) is 18.7 Å². The van der Waals surface area contributed by atoms with Crippen LogP contribution >= 0.6 is 0 Å². The number of aromatic nitrogens is 2. The van der Waals surface area contributed by atoms with E-state index in [-0.39, 0.29) is 28.9 Å². The van der Waals surface area contributed by atoms with Crippen LogP contribution in [0, 0.1) is 17.6 Å². The van der Waals surface area contributed by atoms with Gasteiger partial charge in [0.25, 0.3) is 5.91 Å². The van der Waals surface area contributed by atoms with Gasteiger partial charge in [-0.2, -0.15) is 0 Å². The number of nitrogens with zero attached hydrogens (tertiary/aromatic N) is 3. The summed E-state index contributed by atoms with van der Waals surface area (Å²) >= 11 is 0. The van der Waals surface area contributed by atoms with E-state index < -0.39 is 11.7 Å². The molecular formula is C23H20F2N4O2. The van der Waals surface area contributed by atoms with Gasteiger partial charge in [-0.1, -0.05) is 6.58 Å². The molecule has 2 aromatic carbocycles. The summed E-state index contributed by atoms with van der Waals surface area (Å²) in [6.07, 6.45) is 4.03. The van der Waals surface area contributed by atoms with Gasteiger partial charge in [0.2, 0.25) is 5.91 Å². The summed E-state index contributed by atoms with van der Waals surface area (Å²) < 4.78 is 27.6. The fourth-order valence-electron chi connectivity index (χ4n) is 3.70. The molecule has 0 saturated carbocycles. The molecule has 0 bridgehead atoms. The number of carbonyl (C=O) groups is 2. The van der Waals surface area contributed by atoms with E-state index in [1.807, 2.05) is 0 Å². The molecule has 6 nitrogen and oxygen atoms in total. The molecule has 0 spiro atoms. The van der Waals surface area contributed by atoms with Crippen LogP contribution in [-0.4, -0.2) is 39.8 Å². The largest absolute Gasteiger partial charge is 0.338 e. The molecule has 8 heteroatoms. The maximum Gasteiger partial charge on any atom is 0.253 e. The molecule has 2 heterocycles. The van der Waals surface area contributed by atoms with Gasteiger partial charge in [-0.3, -0.25) is 9.59 Å². The predicted molar refractivity (Wildman–Crippen MR) is 112 cm³/mol. The number of likely N-dealkylation sites (tertiary alicyclic amines) is 1. The van der Waals surface area contributed by atoms with E-state index in [1.54, 1.807) is 17.2 Å². The van der Waals surface area contributed by atoms with E-state index >= 15 is 0 Å². The zero-order valence-electron chi connectivity index (χ0n) is 16.6. The number of carbonyl (C=O) groups excluding carboxylic acids is 2. The second-order valence-corrected chi connectivity index (χ2v) is 7.49. The zero-order chi connectivity index (χ0) is 22.0. The Morgan fingerprint density at radius 2 is 2.06 bits per heavy atom. The molecule has 3 aromatic rings. The molecule has 0 aliphatic carbocycles.